The first-order valence-corrected chi connectivity index (χ1v) is 6.77. The second kappa shape index (κ2) is 6.15. The van der Waals surface area contributed by atoms with E-state index >= 15 is 0 Å². The second-order valence-corrected chi connectivity index (χ2v) is 4.95. The lowest BCUT2D eigenvalue weighted by Gasteiger charge is -2.23. The number of esters is 1. The maximum atomic E-state index is 13.1. The number of carbonyl (C=O) groups is 1. The molecule has 0 amide bonds. The fourth-order valence-corrected chi connectivity index (χ4v) is 2.58. The van der Waals surface area contributed by atoms with Gasteiger partial charge in [-0.25, -0.2) is 4.39 Å². The smallest absolute Gasteiger partial charge is 0.323 e. The average molecular weight is 265 g/mol. The number of hydrogen-bond donors (Lipinski definition) is 0. The van der Waals surface area contributed by atoms with Gasteiger partial charge in [0.1, 0.15) is 11.9 Å². The maximum absolute atomic E-state index is 13.1. The number of benzene rings is 1. The van der Waals surface area contributed by atoms with Crippen LogP contribution >= 0.6 is 0 Å². The van der Waals surface area contributed by atoms with Crippen molar-refractivity contribution in [1.82, 2.24) is 4.90 Å². The van der Waals surface area contributed by atoms with Crippen LogP contribution in [0.15, 0.2) is 18.2 Å². The van der Waals surface area contributed by atoms with Gasteiger partial charge < -0.3 is 4.74 Å². The minimum atomic E-state index is -0.218. The largest absolute Gasteiger partial charge is 0.465 e. The zero-order chi connectivity index (χ0) is 13.8. The van der Waals surface area contributed by atoms with E-state index in [-0.39, 0.29) is 17.8 Å². The normalized spacial score (nSPS) is 19.6. The number of hydrogen-bond acceptors (Lipinski definition) is 3. The summed E-state index contributed by atoms with van der Waals surface area (Å²) in [5.41, 5.74) is 1.99. The van der Waals surface area contributed by atoms with Gasteiger partial charge in [-0.3, -0.25) is 9.69 Å². The molecule has 1 aliphatic heterocycles. The molecule has 3 nitrogen and oxygen atoms in total. The van der Waals surface area contributed by atoms with Crippen molar-refractivity contribution >= 4 is 5.97 Å². The summed E-state index contributed by atoms with van der Waals surface area (Å²) in [5.74, 6) is -0.357. The molecule has 0 bridgehead atoms. The van der Waals surface area contributed by atoms with E-state index < -0.39 is 0 Å². The summed E-state index contributed by atoms with van der Waals surface area (Å²) in [6.07, 6.45) is 1.85. The van der Waals surface area contributed by atoms with Crippen LogP contribution in [0.5, 0.6) is 0 Å². The van der Waals surface area contributed by atoms with Crippen molar-refractivity contribution in [1.29, 1.82) is 0 Å². The SMILES string of the molecule is CCOC(=O)C1CCCN1Cc1ccc(F)cc1C. The molecule has 1 aromatic carbocycles. The third-order valence-corrected chi connectivity index (χ3v) is 3.60. The molecule has 1 unspecified atom stereocenters. The van der Waals surface area contributed by atoms with Crippen molar-refractivity contribution in [3.05, 3.63) is 35.1 Å². The van der Waals surface area contributed by atoms with E-state index in [9.17, 15) is 9.18 Å². The van der Waals surface area contributed by atoms with Crippen molar-refractivity contribution in [3.8, 4) is 0 Å². The Morgan fingerprint density at radius 1 is 1.53 bits per heavy atom. The van der Waals surface area contributed by atoms with E-state index in [0.717, 1.165) is 30.5 Å². The maximum Gasteiger partial charge on any atom is 0.323 e. The predicted octanol–water partition coefficient (Wildman–Crippen LogP) is 2.66. The van der Waals surface area contributed by atoms with E-state index in [1.165, 1.54) is 12.1 Å². The highest BCUT2D eigenvalue weighted by molar-refractivity contribution is 5.76. The van der Waals surface area contributed by atoms with Gasteiger partial charge in [0.2, 0.25) is 0 Å². The molecule has 0 radical (unpaired) electrons. The van der Waals surface area contributed by atoms with Gasteiger partial charge in [-0.15, -0.1) is 0 Å². The molecule has 104 valence electrons. The topological polar surface area (TPSA) is 29.5 Å². The highest BCUT2D eigenvalue weighted by Crippen LogP contribution is 2.22. The Morgan fingerprint density at radius 3 is 3.00 bits per heavy atom. The van der Waals surface area contributed by atoms with E-state index in [2.05, 4.69) is 4.90 Å². The lowest BCUT2D eigenvalue weighted by Crippen LogP contribution is -2.37. The minimum absolute atomic E-state index is 0.139. The van der Waals surface area contributed by atoms with Crippen LogP contribution in [0.4, 0.5) is 4.39 Å². The number of aryl methyl sites for hydroxylation is 1. The molecule has 1 heterocycles. The molecule has 0 spiro atoms. The molecule has 4 heteroatoms. The summed E-state index contributed by atoms with van der Waals surface area (Å²) in [5, 5.41) is 0. The molecule has 1 saturated heterocycles. The van der Waals surface area contributed by atoms with Crippen molar-refractivity contribution in [2.45, 2.75) is 39.3 Å². The number of rotatable bonds is 4. The van der Waals surface area contributed by atoms with Crippen molar-refractivity contribution in [3.63, 3.8) is 0 Å². The quantitative estimate of drug-likeness (QED) is 0.784. The molecule has 0 N–H and O–H groups in total. The zero-order valence-electron chi connectivity index (χ0n) is 11.5. The lowest BCUT2D eigenvalue weighted by atomic mass is 10.1. The Kier molecular flexibility index (Phi) is 4.53. The van der Waals surface area contributed by atoms with Crippen LogP contribution in [-0.4, -0.2) is 30.1 Å². The molecule has 19 heavy (non-hydrogen) atoms. The number of halogens is 1. The van der Waals surface area contributed by atoms with E-state index in [1.54, 1.807) is 6.07 Å². The Hall–Kier alpha value is -1.42. The van der Waals surface area contributed by atoms with Crippen LogP contribution in [0.2, 0.25) is 0 Å². The summed E-state index contributed by atoms with van der Waals surface area (Å²) in [6.45, 7) is 5.70. The van der Waals surface area contributed by atoms with E-state index in [0.29, 0.717) is 13.2 Å². The van der Waals surface area contributed by atoms with Gasteiger partial charge in [-0.1, -0.05) is 6.07 Å². The minimum Gasteiger partial charge on any atom is -0.465 e. The van der Waals surface area contributed by atoms with Crippen LogP contribution in [-0.2, 0) is 16.1 Å². The molecule has 1 fully saturated rings. The number of likely N-dealkylation sites (tertiary alicyclic amines) is 1. The van der Waals surface area contributed by atoms with E-state index in [4.69, 9.17) is 4.74 Å². The summed E-state index contributed by atoms with van der Waals surface area (Å²) in [6, 6.07) is 4.65. The zero-order valence-corrected chi connectivity index (χ0v) is 11.5. The fraction of sp³-hybridized carbons (Fsp3) is 0.533. The molecule has 0 aliphatic carbocycles. The first kappa shape index (κ1) is 14.0. The Morgan fingerprint density at radius 2 is 2.32 bits per heavy atom. The van der Waals surface area contributed by atoms with Gasteiger partial charge in [-0.2, -0.15) is 0 Å². The third kappa shape index (κ3) is 3.32. The average Bonchev–Trinajstić information content (AvgIpc) is 2.81. The molecule has 0 aromatic heterocycles. The van der Waals surface area contributed by atoms with Crippen LogP contribution in [0.25, 0.3) is 0 Å². The van der Waals surface area contributed by atoms with Crippen LogP contribution in [0.1, 0.15) is 30.9 Å². The van der Waals surface area contributed by atoms with Gasteiger partial charge in [0, 0.05) is 6.54 Å². The summed E-state index contributed by atoms with van der Waals surface area (Å²) < 4.78 is 18.2. The number of carbonyl (C=O) groups excluding carboxylic acids is 1. The van der Waals surface area contributed by atoms with Crippen LogP contribution in [0, 0.1) is 12.7 Å². The predicted molar refractivity (Wildman–Crippen MR) is 71.2 cm³/mol. The summed E-state index contributed by atoms with van der Waals surface area (Å²) >= 11 is 0. The van der Waals surface area contributed by atoms with E-state index in [1.807, 2.05) is 13.8 Å². The van der Waals surface area contributed by atoms with Gasteiger partial charge in [-0.05, 0) is 56.5 Å². The van der Waals surface area contributed by atoms with Crippen molar-refractivity contribution in [2.24, 2.45) is 0 Å². The molecule has 2 rings (SSSR count). The van der Waals surface area contributed by atoms with Gasteiger partial charge in [0.25, 0.3) is 0 Å². The van der Waals surface area contributed by atoms with Gasteiger partial charge in [0.05, 0.1) is 6.61 Å². The third-order valence-electron chi connectivity index (χ3n) is 3.60. The first-order valence-electron chi connectivity index (χ1n) is 6.77. The number of ether oxygens (including phenoxy) is 1. The van der Waals surface area contributed by atoms with Crippen LogP contribution in [0.3, 0.4) is 0 Å². The second-order valence-electron chi connectivity index (χ2n) is 4.95. The molecule has 1 aromatic rings. The van der Waals surface area contributed by atoms with Gasteiger partial charge >= 0.3 is 5.97 Å². The molecule has 1 aliphatic rings. The monoisotopic (exact) mass is 265 g/mol. The lowest BCUT2D eigenvalue weighted by molar-refractivity contribution is -0.148. The summed E-state index contributed by atoms with van der Waals surface area (Å²) in [4.78, 5) is 14.0. The van der Waals surface area contributed by atoms with Gasteiger partial charge in [0.15, 0.2) is 0 Å². The van der Waals surface area contributed by atoms with Crippen molar-refractivity contribution < 1.29 is 13.9 Å². The molecule has 1 atom stereocenters. The molecule has 0 saturated carbocycles. The highest BCUT2D eigenvalue weighted by atomic mass is 19.1. The summed E-state index contributed by atoms with van der Waals surface area (Å²) in [7, 11) is 0. The standard InChI is InChI=1S/C15H20FNO2/c1-3-19-15(18)14-5-4-8-17(14)10-12-6-7-13(16)9-11(12)2/h6-7,9,14H,3-5,8,10H2,1-2H3. The molecular weight excluding hydrogens is 245 g/mol. The first-order chi connectivity index (χ1) is 9.11. The Balaban J connectivity index is 2.07. The van der Waals surface area contributed by atoms with Crippen LogP contribution < -0.4 is 0 Å². The highest BCUT2D eigenvalue weighted by Gasteiger charge is 2.31. The molecular formula is C15H20FNO2. The number of nitrogens with zero attached hydrogens (tertiary/aromatic N) is 1. The Bertz CT molecular complexity index is 461. The Labute approximate surface area is 113 Å². The van der Waals surface area contributed by atoms with Crippen molar-refractivity contribution in [2.75, 3.05) is 13.2 Å². The fourth-order valence-electron chi connectivity index (χ4n) is 2.58.